The van der Waals surface area contributed by atoms with E-state index in [0.29, 0.717) is 17.9 Å². The molecule has 0 saturated carbocycles. The van der Waals surface area contributed by atoms with Gasteiger partial charge in [-0.15, -0.1) is 0 Å². The molecule has 0 bridgehead atoms. The predicted octanol–water partition coefficient (Wildman–Crippen LogP) is 4.29. The summed E-state index contributed by atoms with van der Waals surface area (Å²) < 4.78 is 16.1. The Kier molecular flexibility index (Phi) is 7.41. The van der Waals surface area contributed by atoms with Crippen molar-refractivity contribution >= 4 is 11.8 Å². The first-order valence-corrected chi connectivity index (χ1v) is 8.93. The third-order valence-corrected chi connectivity index (χ3v) is 4.21. The normalized spacial score (nSPS) is 11.7. The number of carbonyl (C=O) groups excluding carboxylic acids is 2. The lowest BCUT2D eigenvalue weighted by molar-refractivity contribution is -0.148. The van der Waals surface area contributed by atoms with Gasteiger partial charge in [0.25, 0.3) is 0 Å². The number of rotatable bonds is 9. The Labute approximate surface area is 160 Å². The summed E-state index contributed by atoms with van der Waals surface area (Å²) in [7, 11) is 2.97. The van der Waals surface area contributed by atoms with Gasteiger partial charge in [-0.3, -0.25) is 9.59 Å². The van der Waals surface area contributed by atoms with Crippen molar-refractivity contribution in [2.24, 2.45) is 11.8 Å². The topological polar surface area (TPSA) is 61.8 Å². The van der Waals surface area contributed by atoms with Crippen LogP contribution in [0.4, 0.5) is 0 Å². The van der Waals surface area contributed by atoms with Crippen molar-refractivity contribution in [3.8, 4) is 11.5 Å². The highest BCUT2D eigenvalue weighted by Crippen LogP contribution is 2.32. The average molecular weight is 370 g/mol. The molecule has 0 aliphatic heterocycles. The summed E-state index contributed by atoms with van der Waals surface area (Å²) in [6.07, 6.45) is 0.383. The van der Waals surface area contributed by atoms with Crippen LogP contribution in [0.3, 0.4) is 0 Å². The molecule has 2 aromatic carbocycles. The Morgan fingerprint density at radius 2 is 1.48 bits per heavy atom. The first-order chi connectivity index (χ1) is 13.0. The minimum atomic E-state index is -0.918. The lowest BCUT2D eigenvalue weighted by Crippen LogP contribution is -2.28. The van der Waals surface area contributed by atoms with Crippen molar-refractivity contribution < 1.29 is 23.8 Å². The summed E-state index contributed by atoms with van der Waals surface area (Å²) in [6, 6.07) is 14.5. The molecule has 27 heavy (non-hydrogen) atoms. The van der Waals surface area contributed by atoms with Gasteiger partial charge in [-0.05, 0) is 30.0 Å². The Morgan fingerprint density at radius 3 is 2.00 bits per heavy atom. The molecule has 5 heteroatoms. The summed E-state index contributed by atoms with van der Waals surface area (Å²) in [4.78, 5) is 26.0. The number of ketones is 1. The molecule has 0 N–H and O–H groups in total. The molecular weight excluding hydrogens is 344 g/mol. The number of ether oxygens (including phenoxy) is 3. The summed E-state index contributed by atoms with van der Waals surface area (Å²) in [6.45, 7) is 4.05. The van der Waals surface area contributed by atoms with E-state index in [2.05, 4.69) is 0 Å². The molecule has 0 fully saturated rings. The zero-order valence-electron chi connectivity index (χ0n) is 16.2. The smallest absolute Gasteiger partial charge is 0.317 e. The maximum Gasteiger partial charge on any atom is 0.317 e. The van der Waals surface area contributed by atoms with Crippen molar-refractivity contribution in [2.45, 2.75) is 26.9 Å². The number of hydrogen-bond acceptors (Lipinski definition) is 5. The van der Waals surface area contributed by atoms with Crippen LogP contribution >= 0.6 is 0 Å². The van der Waals surface area contributed by atoms with Gasteiger partial charge in [0, 0.05) is 0 Å². The SMILES string of the molecule is COc1cccc(OC)c1C(=O)C(CC(C)C)C(=O)OCc1ccccc1. The van der Waals surface area contributed by atoms with Crippen LogP contribution in [0, 0.1) is 11.8 Å². The lowest BCUT2D eigenvalue weighted by Gasteiger charge is -2.19. The first-order valence-electron chi connectivity index (χ1n) is 8.93. The van der Waals surface area contributed by atoms with E-state index >= 15 is 0 Å². The fourth-order valence-corrected chi connectivity index (χ4v) is 2.88. The molecule has 1 atom stereocenters. The molecule has 144 valence electrons. The van der Waals surface area contributed by atoms with Crippen molar-refractivity contribution in [3.63, 3.8) is 0 Å². The molecule has 0 radical (unpaired) electrons. The van der Waals surface area contributed by atoms with Crippen LogP contribution in [-0.4, -0.2) is 26.0 Å². The predicted molar refractivity (Wildman–Crippen MR) is 103 cm³/mol. The fraction of sp³-hybridized carbons (Fsp3) is 0.364. The zero-order valence-corrected chi connectivity index (χ0v) is 16.2. The number of methoxy groups -OCH3 is 2. The van der Waals surface area contributed by atoms with E-state index in [0.717, 1.165) is 5.56 Å². The maximum absolute atomic E-state index is 13.2. The zero-order chi connectivity index (χ0) is 19.8. The van der Waals surface area contributed by atoms with E-state index < -0.39 is 11.9 Å². The van der Waals surface area contributed by atoms with Crippen molar-refractivity contribution in [2.75, 3.05) is 14.2 Å². The van der Waals surface area contributed by atoms with Crippen LogP contribution < -0.4 is 9.47 Å². The molecule has 0 saturated heterocycles. The molecule has 0 amide bonds. The van der Waals surface area contributed by atoms with Gasteiger partial charge in [0.05, 0.1) is 14.2 Å². The van der Waals surface area contributed by atoms with Gasteiger partial charge < -0.3 is 14.2 Å². The highest BCUT2D eigenvalue weighted by Gasteiger charge is 2.33. The van der Waals surface area contributed by atoms with Crippen LogP contribution in [0.5, 0.6) is 11.5 Å². The largest absolute Gasteiger partial charge is 0.496 e. The molecule has 0 aromatic heterocycles. The second-order valence-electron chi connectivity index (χ2n) is 6.68. The minimum absolute atomic E-state index is 0.130. The van der Waals surface area contributed by atoms with Crippen LogP contribution in [0.15, 0.2) is 48.5 Å². The van der Waals surface area contributed by atoms with E-state index in [1.165, 1.54) is 14.2 Å². The Bertz CT molecular complexity index is 745. The standard InChI is InChI=1S/C22H26O5/c1-15(2)13-17(22(24)27-14-16-9-6-5-7-10-16)21(23)20-18(25-3)11-8-12-19(20)26-4/h5-12,15,17H,13-14H2,1-4H3. The van der Waals surface area contributed by atoms with E-state index in [1.54, 1.807) is 18.2 Å². The second-order valence-corrected chi connectivity index (χ2v) is 6.68. The van der Waals surface area contributed by atoms with Crippen molar-refractivity contribution in [1.29, 1.82) is 0 Å². The quantitative estimate of drug-likeness (QED) is 0.374. The summed E-state index contributed by atoms with van der Waals surface area (Å²) in [5.74, 6) is -0.905. The van der Waals surface area contributed by atoms with Gasteiger partial charge in [-0.1, -0.05) is 50.2 Å². The van der Waals surface area contributed by atoms with Crippen molar-refractivity contribution in [3.05, 3.63) is 59.7 Å². The van der Waals surface area contributed by atoms with Gasteiger partial charge in [-0.25, -0.2) is 0 Å². The van der Waals surface area contributed by atoms with Crippen LogP contribution in [0.2, 0.25) is 0 Å². The molecule has 0 heterocycles. The van der Waals surface area contributed by atoms with Gasteiger partial charge >= 0.3 is 5.97 Å². The molecule has 5 nitrogen and oxygen atoms in total. The average Bonchev–Trinajstić information content (AvgIpc) is 2.69. The second kappa shape index (κ2) is 9.76. The Hall–Kier alpha value is -2.82. The highest BCUT2D eigenvalue weighted by atomic mass is 16.5. The molecule has 0 aliphatic rings. The summed E-state index contributed by atoms with van der Waals surface area (Å²) in [5.41, 5.74) is 1.14. The third kappa shape index (κ3) is 5.33. The van der Waals surface area contributed by atoms with E-state index in [1.807, 2.05) is 44.2 Å². The van der Waals surface area contributed by atoms with Crippen LogP contribution in [-0.2, 0) is 16.1 Å². The maximum atomic E-state index is 13.2. The first kappa shape index (κ1) is 20.5. The summed E-state index contributed by atoms with van der Waals surface area (Å²) in [5, 5.41) is 0. The minimum Gasteiger partial charge on any atom is -0.496 e. The molecular formula is C22H26O5. The van der Waals surface area contributed by atoms with Gasteiger partial charge in [-0.2, -0.15) is 0 Å². The van der Waals surface area contributed by atoms with E-state index in [-0.39, 0.29) is 23.9 Å². The number of hydrogen-bond donors (Lipinski definition) is 0. The number of benzene rings is 2. The molecule has 2 rings (SSSR count). The molecule has 1 unspecified atom stereocenters. The monoisotopic (exact) mass is 370 g/mol. The third-order valence-electron chi connectivity index (χ3n) is 4.21. The Balaban J connectivity index is 2.27. The fourth-order valence-electron chi connectivity index (χ4n) is 2.88. The lowest BCUT2D eigenvalue weighted by atomic mass is 9.89. The number of esters is 1. The van der Waals surface area contributed by atoms with Gasteiger partial charge in [0.15, 0.2) is 5.78 Å². The van der Waals surface area contributed by atoms with Gasteiger partial charge in [0.2, 0.25) is 0 Å². The molecule has 0 spiro atoms. The summed E-state index contributed by atoms with van der Waals surface area (Å²) >= 11 is 0. The van der Waals surface area contributed by atoms with Crippen LogP contribution in [0.1, 0.15) is 36.2 Å². The van der Waals surface area contributed by atoms with Crippen LogP contribution in [0.25, 0.3) is 0 Å². The molecule has 0 aliphatic carbocycles. The Morgan fingerprint density at radius 1 is 0.889 bits per heavy atom. The van der Waals surface area contributed by atoms with Gasteiger partial charge in [0.1, 0.15) is 29.6 Å². The van der Waals surface area contributed by atoms with Crippen molar-refractivity contribution in [1.82, 2.24) is 0 Å². The molecule has 2 aromatic rings. The van der Waals surface area contributed by atoms with E-state index in [9.17, 15) is 9.59 Å². The highest BCUT2D eigenvalue weighted by molar-refractivity contribution is 6.11. The number of Topliss-reactive ketones (excluding diaryl/α,β-unsaturated/α-hetero) is 1. The number of carbonyl (C=O) groups is 2. The van der Waals surface area contributed by atoms with E-state index in [4.69, 9.17) is 14.2 Å².